The van der Waals surface area contributed by atoms with E-state index in [9.17, 15) is 18.9 Å². The summed E-state index contributed by atoms with van der Waals surface area (Å²) in [6, 6.07) is 5.96. The van der Waals surface area contributed by atoms with Crippen LogP contribution in [-0.2, 0) is 0 Å². The van der Waals surface area contributed by atoms with Crippen molar-refractivity contribution in [3.05, 3.63) is 40.6 Å². The largest absolute Gasteiger partial charge is 0.370 e. The van der Waals surface area contributed by atoms with Crippen LogP contribution < -0.4 is 4.90 Å². The Morgan fingerprint density at radius 3 is 2.59 bits per heavy atom. The predicted octanol–water partition coefficient (Wildman–Crippen LogP) is 3.49. The normalized spacial score (nSPS) is 17.5. The van der Waals surface area contributed by atoms with Gasteiger partial charge >= 0.3 is 0 Å². The van der Waals surface area contributed by atoms with Crippen molar-refractivity contribution < 1.29 is 18.2 Å². The zero-order valence-electron chi connectivity index (χ0n) is 11.5. The first kappa shape index (κ1) is 14.4. The Hall–Kier alpha value is -2.51. The van der Waals surface area contributed by atoms with Crippen LogP contribution in [0.4, 0.5) is 20.2 Å². The summed E-state index contributed by atoms with van der Waals surface area (Å²) in [7, 11) is 0. The number of nitrogens with zero attached hydrogens (tertiary/aromatic N) is 3. The molecule has 8 heteroatoms. The van der Waals surface area contributed by atoms with Gasteiger partial charge in [-0.3, -0.25) is 10.1 Å². The van der Waals surface area contributed by atoms with Gasteiger partial charge in [0, 0.05) is 49.7 Å². The molecule has 2 heterocycles. The van der Waals surface area contributed by atoms with E-state index in [-0.39, 0.29) is 31.6 Å². The minimum absolute atomic E-state index is 0.0837. The van der Waals surface area contributed by atoms with E-state index >= 15 is 0 Å². The number of alkyl halides is 2. The Morgan fingerprint density at radius 2 is 2.00 bits per heavy atom. The van der Waals surface area contributed by atoms with E-state index in [2.05, 4.69) is 5.16 Å². The van der Waals surface area contributed by atoms with Crippen LogP contribution in [0.5, 0.6) is 0 Å². The number of halogens is 2. The van der Waals surface area contributed by atoms with Crippen LogP contribution in [0.1, 0.15) is 12.8 Å². The van der Waals surface area contributed by atoms with E-state index in [1.165, 1.54) is 18.4 Å². The quantitative estimate of drug-likeness (QED) is 0.641. The summed E-state index contributed by atoms with van der Waals surface area (Å²) < 4.78 is 31.4. The second-order valence-electron chi connectivity index (χ2n) is 5.19. The highest BCUT2D eigenvalue weighted by molar-refractivity contribution is 5.78. The van der Waals surface area contributed by atoms with E-state index < -0.39 is 10.8 Å². The van der Waals surface area contributed by atoms with Crippen molar-refractivity contribution in [3.8, 4) is 11.3 Å². The van der Waals surface area contributed by atoms with Crippen LogP contribution in [0.15, 0.2) is 35.1 Å². The molecule has 3 rings (SSSR count). The van der Waals surface area contributed by atoms with Gasteiger partial charge in [-0.15, -0.1) is 0 Å². The van der Waals surface area contributed by atoms with Gasteiger partial charge in [-0.05, 0) is 6.07 Å². The smallest absolute Gasteiger partial charge is 0.271 e. The third kappa shape index (κ3) is 2.76. The Kier molecular flexibility index (Phi) is 3.51. The van der Waals surface area contributed by atoms with Gasteiger partial charge in [-0.25, -0.2) is 8.78 Å². The molecule has 0 amide bonds. The van der Waals surface area contributed by atoms with Crippen molar-refractivity contribution in [2.24, 2.45) is 0 Å². The number of hydrogen-bond acceptors (Lipinski definition) is 5. The number of nitro groups is 1. The lowest BCUT2D eigenvalue weighted by atomic mass is 10.0. The standard InChI is InChI=1S/C14H13F2N3O3/c15-14(16)4-6-18(7-5-14)13-9-10(19(20)21)1-2-11(13)12-3-8-22-17-12/h1-3,8-9H,4-7H2. The van der Waals surface area contributed by atoms with Gasteiger partial charge in [0.2, 0.25) is 0 Å². The average Bonchev–Trinajstić information content (AvgIpc) is 3.00. The third-order valence-corrected chi connectivity index (χ3v) is 3.74. The van der Waals surface area contributed by atoms with Gasteiger partial charge in [0.1, 0.15) is 12.0 Å². The number of aromatic nitrogens is 1. The molecule has 0 N–H and O–H groups in total. The molecule has 0 bridgehead atoms. The molecule has 1 aliphatic rings. The Balaban J connectivity index is 2.00. The molecule has 2 aromatic rings. The van der Waals surface area contributed by atoms with Gasteiger partial charge in [0.25, 0.3) is 11.6 Å². The van der Waals surface area contributed by atoms with Crippen molar-refractivity contribution in [3.63, 3.8) is 0 Å². The molecule has 1 aromatic carbocycles. The van der Waals surface area contributed by atoms with E-state index in [1.807, 2.05) is 0 Å². The third-order valence-electron chi connectivity index (χ3n) is 3.74. The molecule has 0 saturated carbocycles. The summed E-state index contributed by atoms with van der Waals surface area (Å²) in [5.41, 5.74) is 1.59. The van der Waals surface area contributed by atoms with Crippen LogP contribution in [0.2, 0.25) is 0 Å². The summed E-state index contributed by atoms with van der Waals surface area (Å²) in [4.78, 5) is 12.2. The molecular formula is C14H13F2N3O3. The maximum Gasteiger partial charge on any atom is 0.271 e. The van der Waals surface area contributed by atoms with Crippen LogP contribution in [0.3, 0.4) is 0 Å². The van der Waals surface area contributed by atoms with Crippen LogP contribution >= 0.6 is 0 Å². The Bertz CT molecular complexity index is 679. The molecule has 1 aliphatic heterocycles. The van der Waals surface area contributed by atoms with E-state index in [0.717, 1.165) is 0 Å². The first-order valence-electron chi connectivity index (χ1n) is 6.78. The second kappa shape index (κ2) is 5.36. The number of hydrogen-bond donors (Lipinski definition) is 0. The van der Waals surface area contributed by atoms with Crippen molar-refractivity contribution in [2.75, 3.05) is 18.0 Å². The monoisotopic (exact) mass is 309 g/mol. The molecule has 6 nitrogen and oxygen atoms in total. The fourth-order valence-corrected chi connectivity index (χ4v) is 2.54. The zero-order chi connectivity index (χ0) is 15.7. The highest BCUT2D eigenvalue weighted by Gasteiger charge is 2.35. The maximum atomic E-state index is 13.3. The second-order valence-corrected chi connectivity index (χ2v) is 5.19. The molecule has 0 aliphatic carbocycles. The lowest BCUT2D eigenvalue weighted by molar-refractivity contribution is -0.384. The van der Waals surface area contributed by atoms with Crippen molar-refractivity contribution in [1.82, 2.24) is 5.16 Å². The molecule has 1 saturated heterocycles. The summed E-state index contributed by atoms with van der Waals surface area (Å²) in [5.74, 6) is -2.68. The molecule has 22 heavy (non-hydrogen) atoms. The van der Waals surface area contributed by atoms with Gasteiger partial charge in [0.15, 0.2) is 0 Å². The number of piperidine rings is 1. The molecule has 0 radical (unpaired) electrons. The van der Waals surface area contributed by atoms with Crippen LogP contribution in [0.25, 0.3) is 11.3 Å². The van der Waals surface area contributed by atoms with E-state index in [4.69, 9.17) is 4.52 Å². The number of anilines is 1. The minimum atomic E-state index is -2.68. The number of benzene rings is 1. The minimum Gasteiger partial charge on any atom is -0.370 e. The summed E-state index contributed by atoms with van der Waals surface area (Å²) in [6.07, 6.45) is 0.854. The molecule has 1 aromatic heterocycles. The summed E-state index contributed by atoms with van der Waals surface area (Å²) >= 11 is 0. The lowest BCUT2D eigenvalue weighted by Gasteiger charge is -2.34. The zero-order valence-corrected chi connectivity index (χ0v) is 11.5. The van der Waals surface area contributed by atoms with Gasteiger partial charge < -0.3 is 9.42 Å². The van der Waals surface area contributed by atoms with Crippen LogP contribution in [0, 0.1) is 10.1 Å². The van der Waals surface area contributed by atoms with Gasteiger partial charge in [-0.1, -0.05) is 5.16 Å². The molecule has 0 unspecified atom stereocenters. The van der Waals surface area contributed by atoms with Crippen LogP contribution in [-0.4, -0.2) is 29.1 Å². The van der Waals surface area contributed by atoms with Gasteiger partial charge in [0.05, 0.1) is 10.6 Å². The first-order valence-corrected chi connectivity index (χ1v) is 6.78. The molecule has 1 fully saturated rings. The van der Waals surface area contributed by atoms with Crippen molar-refractivity contribution in [2.45, 2.75) is 18.8 Å². The van der Waals surface area contributed by atoms with Crippen molar-refractivity contribution >= 4 is 11.4 Å². The molecule has 0 atom stereocenters. The van der Waals surface area contributed by atoms with E-state index in [1.54, 1.807) is 17.0 Å². The summed E-state index contributed by atoms with van der Waals surface area (Å²) in [6.45, 7) is 0.276. The fourth-order valence-electron chi connectivity index (χ4n) is 2.54. The lowest BCUT2D eigenvalue weighted by Crippen LogP contribution is -2.39. The van der Waals surface area contributed by atoms with Crippen molar-refractivity contribution in [1.29, 1.82) is 0 Å². The highest BCUT2D eigenvalue weighted by Crippen LogP contribution is 2.37. The highest BCUT2D eigenvalue weighted by atomic mass is 19.3. The maximum absolute atomic E-state index is 13.3. The molecular weight excluding hydrogens is 296 g/mol. The molecule has 116 valence electrons. The topological polar surface area (TPSA) is 72.4 Å². The number of rotatable bonds is 3. The average molecular weight is 309 g/mol. The number of nitro benzene ring substituents is 1. The van der Waals surface area contributed by atoms with Gasteiger partial charge in [-0.2, -0.15) is 0 Å². The summed E-state index contributed by atoms with van der Waals surface area (Å²) in [5, 5.41) is 14.8. The first-order chi connectivity index (χ1) is 10.5. The van der Waals surface area contributed by atoms with E-state index in [0.29, 0.717) is 16.9 Å². The Morgan fingerprint density at radius 1 is 1.27 bits per heavy atom. The predicted molar refractivity (Wildman–Crippen MR) is 75.0 cm³/mol. The SMILES string of the molecule is O=[N+]([O-])c1ccc(-c2ccon2)c(N2CCC(F)(F)CC2)c1. The Labute approximate surface area is 124 Å². The molecule has 0 spiro atoms. The fraction of sp³-hybridized carbons (Fsp3) is 0.357. The number of non-ortho nitro benzene ring substituents is 1.